The summed E-state index contributed by atoms with van der Waals surface area (Å²) in [6.07, 6.45) is 4.36. The first-order valence-electron chi connectivity index (χ1n) is 22.1. The number of thiophene rings is 1. The van der Waals surface area contributed by atoms with Crippen LogP contribution >= 0.6 is 11.3 Å². The van der Waals surface area contributed by atoms with Crippen molar-refractivity contribution in [3.8, 4) is 27.3 Å². The highest BCUT2D eigenvalue weighted by Gasteiger charge is 2.19. The summed E-state index contributed by atoms with van der Waals surface area (Å²) >= 11 is 1.78. The molecule has 0 aliphatic carbocycles. The van der Waals surface area contributed by atoms with Gasteiger partial charge in [-0.3, -0.25) is 9.69 Å². The van der Waals surface area contributed by atoms with Gasteiger partial charge in [-0.1, -0.05) is 35.5 Å². The summed E-state index contributed by atoms with van der Waals surface area (Å²) in [5, 5.41) is 14.8. The van der Waals surface area contributed by atoms with Gasteiger partial charge in [0.15, 0.2) is 11.6 Å². The summed E-state index contributed by atoms with van der Waals surface area (Å²) in [4.78, 5) is 21.4. The van der Waals surface area contributed by atoms with Gasteiger partial charge >= 0.3 is 0 Å². The molecule has 0 radical (unpaired) electrons. The Morgan fingerprint density at radius 3 is 2.48 bits per heavy atom. The Labute approximate surface area is 376 Å². The first-order chi connectivity index (χ1) is 31.2. The zero-order valence-corrected chi connectivity index (χ0v) is 37.7. The largest absolute Gasteiger partial charge is 0.489 e. The molecule has 0 saturated carbocycles. The van der Waals surface area contributed by atoms with Gasteiger partial charge in [0.25, 0.3) is 0 Å². The molecule has 13 heteroatoms. The van der Waals surface area contributed by atoms with Gasteiger partial charge in [-0.25, -0.2) is 9.37 Å². The second-order valence-electron chi connectivity index (χ2n) is 16.5. The number of morpholine rings is 1. The minimum Gasteiger partial charge on any atom is -0.489 e. The molecule has 0 spiro atoms. The van der Waals surface area contributed by atoms with Crippen molar-refractivity contribution < 1.29 is 23.2 Å². The molecule has 330 valence electrons. The van der Waals surface area contributed by atoms with Crippen LogP contribution in [0, 0.1) is 26.6 Å². The van der Waals surface area contributed by atoms with Gasteiger partial charge in [0.05, 0.1) is 36.5 Å². The van der Waals surface area contributed by atoms with E-state index in [4.69, 9.17) is 19.0 Å². The third-order valence-electron chi connectivity index (χ3n) is 12.1. The van der Waals surface area contributed by atoms with Crippen LogP contribution in [-0.4, -0.2) is 76.1 Å². The van der Waals surface area contributed by atoms with Crippen molar-refractivity contribution in [2.75, 3.05) is 46.0 Å². The second kappa shape index (κ2) is 19.2. The molecular weight excluding hydrogens is 826 g/mol. The second-order valence-corrected chi connectivity index (χ2v) is 17.4. The van der Waals surface area contributed by atoms with E-state index < -0.39 is 5.82 Å². The number of halogens is 1. The monoisotopic (exact) mass is 879 g/mol. The predicted octanol–water partition coefficient (Wildman–Crippen LogP) is 9.53. The quantitative estimate of drug-likeness (QED) is 0.0688. The predicted molar refractivity (Wildman–Crippen MR) is 253 cm³/mol. The Kier molecular flexibility index (Phi) is 12.9. The number of rotatable bonds is 17. The Hall–Kier alpha value is -6.28. The molecule has 4 aromatic carbocycles. The first kappa shape index (κ1) is 43.0. The zero-order chi connectivity index (χ0) is 44.2. The van der Waals surface area contributed by atoms with Gasteiger partial charge < -0.3 is 33.8 Å². The number of aromatic nitrogens is 4. The molecule has 9 rings (SSSR count). The van der Waals surface area contributed by atoms with Gasteiger partial charge in [-0.2, -0.15) is 0 Å². The number of fused-ring (bicyclic) bond motifs is 4. The maximum atomic E-state index is 15.3. The highest BCUT2D eigenvalue weighted by Crippen LogP contribution is 2.35. The van der Waals surface area contributed by atoms with Crippen LogP contribution in [-0.2, 0) is 42.0 Å². The highest BCUT2D eigenvalue weighted by molar-refractivity contribution is 7.13. The van der Waals surface area contributed by atoms with Crippen molar-refractivity contribution in [1.82, 2.24) is 34.8 Å². The van der Waals surface area contributed by atoms with E-state index in [2.05, 4.69) is 110 Å². The van der Waals surface area contributed by atoms with Gasteiger partial charge in [0.1, 0.15) is 18.2 Å². The highest BCUT2D eigenvalue weighted by atomic mass is 32.1. The van der Waals surface area contributed by atoms with E-state index in [1.165, 1.54) is 50.0 Å². The lowest BCUT2D eigenvalue weighted by molar-refractivity contribution is -0.116. The summed E-state index contributed by atoms with van der Waals surface area (Å²) in [5.74, 6) is 1.18. The minimum atomic E-state index is -0.437. The molecule has 5 heterocycles. The van der Waals surface area contributed by atoms with Crippen molar-refractivity contribution in [2.45, 2.75) is 60.2 Å². The Balaban J connectivity index is 0.763. The number of ether oxygens (including phenoxy) is 2. The van der Waals surface area contributed by atoms with Crippen LogP contribution in [0.4, 0.5) is 4.39 Å². The SMILES string of the molecule is CCn1c2ccc(CNC=CC(=O)NCCOc3ccc(CCc4nc5cc(-c6c(C)noc6C)ccc5n4CCN4CCOCC4)cc3F)cc2c2ccc(-c3cc(C)cs3)cc21. The maximum Gasteiger partial charge on any atom is 0.245 e. The van der Waals surface area contributed by atoms with Crippen molar-refractivity contribution >= 4 is 50.1 Å². The van der Waals surface area contributed by atoms with E-state index in [0.717, 1.165) is 96.5 Å². The molecule has 0 atom stereocenters. The average Bonchev–Trinajstić information content (AvgIpc) is 4.07. The van der Waals surface area contributed by atoms with Crippen LogP contribution in [0.2, 0.25) is 0 Å². The van der Waals surface area contributed by atoms with Gasteiger partial charge in [-0.05, 0) is 116 Å². The van der Waals surface area contributed by atoms with Crippen LogP contribution in [0.1, 0.15) is 40.9 Å². The average molecular weight is 880 g/mol. The number of hydrogen-bond acceptors (Lipinski definition) is 9. The number of amides is 1. The van der Waals surface area contributed by atoms with Crippen molar-refractivity contribution in [2.24, 2.45) is 0 Å². The topological polar surface area (TPSA) is 112 Å². The third-order valence-corrected chi connectivity index (χ3v) is 13.2. The van der Waals surface area contributed by atoms with Crippen LogP contribution in [0.3, 0.4) is 0 Å². The number of carbonyl (C=O) groups excluding carboxylic acids is 1. The fourth-order valence-electron chi connectivity index (χ4n) is 8.85. The Morgan fingerprint density at radius 2 is 1.70 bits per heavy atom. The van der Waals surface area contributed by atoms with Gasteiger partial charge in [0.2, 0.25) is 5.91 Å². The fraction of sp³-hybridized carbons (Fsp3) is 0.314. The lowest BCUT2D eigenvalue weighted by Crippen LogP contribution is -2.38. The molecule has 0 bridgehead atoms. The normalized spacial score (nSPS) is 13.5. The van der Waals surface area contributed by atoms with Crippen molar-refractivity contribution in [3.05, 3.63) is 136 Å². The number of nitrogens with one attached hydrogen (secondary N) is 2. The number of imidazole rings is 1. The van der Waals surface area contributed by atoms with E-state index in [1.807, 2.05) is 19.9 Å². The number of hydrogen-bond donors (Lipinski definition) is 2. The summed E-state index contributed by atoms with van der Waals surface area (Å²) in [7, 11) is 0. The summed E-state index contributed by atoms with van der Waals surface area (Å²) < 4.78 is 36.7. The molecule has 1 fully saturated rings. The summed E-state index contributed by atoms with van der Waals surface area (Å²) in [6, 6.07) is 27.0. The molecule has 11 nitrogen and oxygen atoms in total. The first-order valence-corrected chi connectivity index (χ1v) is 23.0. The van der Waals surface area contributed by atoms with E-state index in [9.17, 15) is 4.79 Å². The molecule has 1 aliphatic heterocycles. The van der Waals surface area contributed by atoms with Gasteiger partial charge in [0, 0.05) is 90.2 Å². The fourth-order valence-corrected chi connectivity index (χ4v) is 9.75. The minimum absolute atomic E-state index is 0.131. The van der Waals surface area contributed by atoms with Crippen molar-refractivity contribution in [1.29, 1.82) is 0 Å². The molecule has 4 aromatic heterocycles. The Morgan fingerprint density at radius 1 is 0.875 bits per heavy atom. The lowest BCUT2D eigenvalue weighted by atomic mass is 10.0. The number of benzene rings is 4. The zero-order valence-electron chi connectivity index (χ0n) is 36.9. The molecule has 1 saturated heterocycles. The molecule has 64 heavy (non-hydrogen) atoms. The van der Waals surface area contributed by atoms with E-state index in [-0.39, 0.29) is 24.8 Å². The standard InChI is InChI=1S/C51H54FN7O4S/c1-5-58-44-12-6-37(27-41(44)40-11-9-38(30-46(40)58)48-26-33(2)32-64-48)31-53-17-16-50(60)54-18-23-62-47-14-7-36(28-42(47)52)8-15-49-55-43-29-39(51-34(3)56-63-35(51)4)10-13-45(43)59(49)20-19-57-21-24-61-25-22-57/h6-7,9-14,16-17,26-30,32,53H,5,8,15,18-25,31H2,1-4H3,(H,54,60). The maximum absolute atomic E-state index is 15.3. The molecule has 1 aliphatic rings. The number of aryl methyl sites for hydroxylation is 6. The van der Waals surface area contributed by atoms with Crippen molar-refractivity contribution in [3.63, 3.8) is 0 Å². The van der Waals surface area contributed by atoms with E-state index >= 15 is 4.39 Å². The summed E-state index contributed by atoms with van der Waals surface area (Å²) in [5.41, 5.74) is 11.8. The van der Waals surface area contributed by atoms with Crippen LogP contribution in [0.5, 0.6) is 5.75 Å². The Bertz CT molecular complexity index is 2950. The van der Waals surface area contributed by atoms with Crippen LogP contribution in [0.25, 0.3) is 54.4 Å². The molecular formula is C51H54FN7O4S. The van der Waals surface area contributed by atoms with Crippen LogP contribution < -0.4 is 15.4 Å². The smallest absolute Gasteiger partial charge is 0.245 e. The van der Waals surface area contributed by atoms with Crippen LogP contribution in [0.15, 0.2) is 101 Å². The summed E-state index contributed by atoms with van der Waals surface area (Å²) in [6.45, 7) is 15.0. The lowest BCUT2D eigenvalue weighted by Gasteiger charge is -2.27. The van der Waals surface area contributed by atoms with Gasteiger partial charge in [-0.15, -0.1) is 11.3 Å². The number of carbonyl (C=O) groups is 1. The molecule has 0 unspecified atom stereocenters. The third kappa shape index (κ3) is 9.33. The molecule has 8 aromatic rings. The van der Waals surface area contributed by atoms with E-state index in [1.54, 1.807) is 23.6 Å². The number of nitrogens with zero attached hydrogens (tertiary/aromatic N) is 5. The molecule has 1 amide bonds. The molecule has 2 N–H and O–H groups in total. The van der Waals surface area contributed by atoms with E-state index in [0.29, 0.717) is 19.4 Å².